The van der Waals surface area contributed by atoms with Gasteiger partial charge >= 0.3 is 0 Å². The summed E-state index contributed by atoms with van der Waals surface area (Å²) < 4.78 is 2.01. The van der Waals surface area contributed by atoms with Crippen molar-refractivity contribution in [2.24, 2.45) is 0 Å². The summed E-state index contributed by atoms with van der Waals surface area (Å²) in [6.07, 6.45) is 4.74. The van der Waals surface area contributed by atoms with Crippen molar-refractivity contribution in [3.63, 3.8) is 0 Å². The van der Waals surface area contributed by atoms with E-state index in [1.165, 1.54) is 0 Å². The number of piperidine rings is 1. The Balaban J connectivity index is 1.61. The van der Waals surface area contributed by atoms with Gasteiger partial charge in [-0.3, -0.25) is 9.89 Å². The molecular weight excluding hydrogens is 336 g/mol. The van der Waals surface area contributed by atoms with Crippen LogP contribution in [0.3, 0.4) is 0 Å². The van der Waals surface area contributed by atoms with Crippen molar-refractivity contribution in [1.82, 2.24) is 29.9 Å². The third-order valence-corrected chi connectivity index (χ3v) is 5.53. The highest BCUT2D eigenvalue weighted by atomic mass is 32.1. The number of aromatic amines is 1. The summed E-state index contributed by atoms with van der Waals surface area (Å²) in [4.78, 5) is 16.1. The van der Waals surface area contributed by atoms with E-state index >= 15 is 0 Å². The molecule has 1 N–H and O–H groups in total. The highest BCUT2D eigenvalue weighted by molar-refractivity contribution is 7.13. The lowest BCUT2D eigenvalue weighted by atomic mass is 10.0. The van der Waals surface area contributed by atoms with Crippen LogP contribution < -0.4 is 0 Å². The number of carbonyl (C=O) groups is 1. The van der Waals surface area contributed by atoms with E-state index in [2.05, 4.69) is 27.3 Å². The standard InChI is InChI=1S/C17H20N6OS/c1-2-22-11-18-21-16(22)14-6-3-4-8-23(14)17(24)13-10-12(19-20-13)15-7-5-9-25-15/h5,7,9-11,14H,2-4,6,8H2,1H3,(H,19,20)/t14-/m1/s1. The number of nitrogens with one attached hydrogen (secondary N) is 1. The molecule has 1 aliphatic heterocycles. The van der Waals surface area contributed by atoms with Crippen LogP contribution in [0.5, 0.6) is 0 Å². The quantitative estimate of drug-likeness (QED) is 0.779. The molecule has 0 aromatic carbocycles. The summed E-state index contributed by atoms with van der Waals surface area (Å²) in [5.74, 6) is 0.818. The summed E-state index contributed by atoms with van der Waals surface area (Å²) in [6, 6.07) is 5.80. The molecule has 0 spiro atoms. The number of hydrogen-bond donors (Lipinski definition) is 1. The third kappa shape index (κ3) is 2.97. The lowest BCUT2D eigenvalue weighted by Crippen LogP contribution is -2.39. The van der Waals surface area contributed by atoms with Crippen LogP contribution in [0, 0.1) is 0 Å². The Labute approximate surface area is 149 Å². The Morgan fingerprint density at radius 1 is 1.44 bits per heavy atom. The maximum Gasteiger partial charge on any atom is 0.274 e. The van der Waals surface area contributed by atoms with Crippen LogP contribution >= 0.6 is 11.3 Å². The maximum atomic E-state index is 13.1. The Bertz CT molecular complexity index is 852. The smallest absolute Gasteiger partial charge is 0.274 e. The minimum atomic E-state index is -0.0468. The lowest BCUT2D eigenvalue weighted by molar-refractivity contribution is 0.0588. The van der Waals surface area contributed by atoms with Crippen LogP contribution in [0.4, 0.5) is 0 Å². The molecule has 4 rings (SSSR count). The number of amides is 1. The van der Waals surface area contributed by atoms with Gasteiger partial charge in [-0.05, 0) is 43.7 Å². The molecule has 3 aromatic rings. The van der Waals surface area contributed by atoms with E-state index in [1.54, 1.807) is 17.7 Å². The molecule has 1 aliphatic rings. The Hall–Kier alpha value is -2.48. The number of carbonyl (C=O) groups excluding carboxylic acids is 1. The van der Waals surface area contributed by atoms with Gasteiger partial charge in [-0.1, -0.05) is 6.07 Å². The van der Waals surface area contributed by atoms with Crippen LogP contribution in [-0.2, 0) is 6.54 Å². The SMILES string of the molecule is CCn1cnnc1[C@H]1CCCCN1C(=O)c1cc(-c2cccs2)[nH]n1. The number of hydrogen-bond acceptors (Lipinski definition) is 5. The first-order chi connectivity index (χ1) is 12.3. The summed E-state index contributed by atoms with van der Waals surface area (Å²) in [6.45, 7) is 3.58. The van der Waals surface area contributed by atoms with E-state index in [1.807, 2.05) is 33.0 Å². The Kier molecular flexibility index (Phi) is 4.35. The first-order valence-electron chi connectivity index (χ1n) is 8.56. The zero-order valence-electron chi connectivity index (χ0n) is 14.1. The van der Waals surface area contributed by atoms with Gasteiger partial charge in [0.2, 0.25) is 0 Å². The average molecular weight is 356 g/mol. The van der Waals surface area contributed by atoms with Gasteiger partial charge in [0.15, 0.2) is 11.5 Å². The first kappa shape index (κ1) is 16.0. The fraction of sp³-hybridized carbons (Fsp3) is 0.412. The van der Waals surface area contributed by atoms with E-state index in [0.717, 1.165) is 48.7 Å². The molecule has 1 atom stereocenters. The molecule has 1 saturated heterocycles. The molecule has 7 nitrogen and oxygen atoms in total. The van der Waals surface area contributed by atoms with E-state index < -0.39 is 0 Å². The number of aryl methyl sites for hydroxylation is 1. The molecule has 0 saturated carbocycles. The number of likely N-dealkylation sites (tertiary alicyclic amines) is 1. The van der Waals surface area contributed by atoms with E-state index in [9.17, 15) is 4.79 Å². The zero-order valence-corrected chi connectivity index (χ0v) is 14.9. The van der Waals surface area contributed by atoms with Gasteiger partial charge in [-0.2, -0.15) is 5.10 Å². The second kappa shape index (κ2) is 6.79. The van der Waals surface area contributed by atoms with Crippen LogP contribution in [-0.4, -0.2) is 42.3 Å². The second-order valence-electron chi connectivity index (χ2n) is 6.13. The highest BCUT2D eigenvalue weighted by Gasteiger charge is 2.32. The number of H-pyrrole nitrogens is 1. The molecular formula is C17H20N6OS. The summed E-state index contributed by atoms with van der Waals surface area (Å²) in [7, 11) is 0. The van der Waals surface area contributed by atoms with Crippen LogP contribution in [0.25, 0.3) is 10.6 Å². The van der Waals surface area contributed by atoms with Crippen LogP contribution in [0.1, 0.15) is 48.5 Å². The van der Waals surface area contributed by atoms with E-state index in [0.29, 0.717) is 5.69 Å². The highest BCUT2D eigenvalue weighted by Crippen LogP contribution is 2.31. The van der Waals surface area contributed by atoms with Gasteiger partial charge in [0.1, 0.15) is 6.33 Å². The number of nitrogens with zero attached hydrogens (tertiary/aromatic N) is 5. The zero-order chi connectivity index (χ0) is 17.2. The van der Waals surface area contributed by atoms with Crippen molar-refractivity contribution in [1.29, 1.82) is 0 Å². The van der Waals surface area contributed by atoms with Crippen molar-refractivity contribution < 1.29 is 4.79 Å². The molecule has 0 bridgehead atoms. The summed E-state index contributed by atoms with van der Waals surface area (Å²) in [5.41, 5.74) is 1.33. The number of rotatable bonds is 4. The lowest BCUT2D eigenvalue weighted by Gasteiger charge is -2.34. The molecule has 4 heterocycles. The van der Waals surface area contributed by atoms with Gasteiger partial charge in [-0.25, -0.2) is 0 Å². The molecule has 3 aromatic heterocycles. The summed E-state index contributed by atoms with van der Waals surface area (Å²) >= 11 is 1.62. The van der Waals surface area contributed by atoms with Crippen molar-refractivity contribution in [2.45, 2.75) is 38.8 Å². The largest absolute Gasteiger partial charge is 0.327 e. The molecule has 0 unspecified atom stereocenters. The average Bonchev–Trinajstić information content (AvgIpc) is 3.41. The fourth-order valence-electron chi connectivity index (χ4n) is 3.35. The number of aromatic nitrogens is 5. The predicted molar refractivity (Wildman–Crippen MR) is 95.2 cm³/mol. The van der Waals surface area contributed by atoms with Crippen LogP contribution in [0.2, 0.25) is 0 Å². The third-order valence-electron chi connectivity index (χ3n) is 4.63. The van der Waals surface area contributed by atoms with Gasteiger partial charge in [0.05, 0.1) is 16.6 Å². The van der Waals surface area contributed by atoms with E-state index in [-0.39, 0.29) is 11.9 Å². The molecule has 1 amide bonds. The monoisotopic (exact) mass is 356 g/mol. The van der Waals surface area contributed by atoms with Gasteiger partial charge < -0.3 is 9.47 Å². The van der Waals surface area contributed by atoms with Gasteiger partial charge in [0, 0.05) is 13.1 Å². The molecule has 130 valence electrons. The molecule has 0 aliphatic carbocycles. The number of thiophene rings is 1. The fourth-order valence-corrected chi connectivity index (χ4v) is 4.04. The minimum Gasteiger partial charge on any atom is -0.327 e. The van der Waals surface area contributed by atoms with Gasteiger partial charge in [-0.15, -0.1) is 21.5 Å². The minimum absolute atomic E-state index is 0.0365. The molecule has 8 heteroatoms. The Morgan fingerprint density at radius 2 is 2.36 bits per heavy atom. The van der Waals surface area contributed by atoms with E-state index in [4.69, 9.17) is 0 Å². The normalized spacial score (nSPS) is 17.8. The molecule has 0 radical (unpaired) electrons. The van der Waals surface area contributed by atoms with Crippen molar-refractivity contribution in [3.05, 3.63) is 41.4 Å². The predicted octanol–water partition coefficient (Wildman–Crippen LogP) is 3.12. The van der Waals surface area contributed by atoms with Gasteiger partial charge in [0.25, 0.3) is 5.91 Å². The maximum absolute atomic E-state index is 13.1. The molecule has 25 heavy (non-hydrogen) atoms. The first-order valence-corrected chi connectivity index (χ1v) is 9.44. The Morgan fingerprint density at radius 3 is 3.16 bits per heavy atom. The summed E-state index contributed by atoms with van der Waals surface area (Å²) in [5, 5.41) is 17.5. The van der Waals surface area contributed by atoms with Crippen LogP contribution in [0.15, 0.2) is 29.9 Å². The second-order valence-corrected chi connectivity index (χ2v) is 7.08. The van der Waals surface area contributed by atoms with Crippen molar-refractivity contribution in [2.75, 3.05) is 6.54 Å². The van der Waals surface area contributed by atoms with Crippen molar-refractivity contribution in [3.8, 4) is 10.6 Å². The topological polar surface area (TPSA) is 79.7 Å². The molecule has 1 fully saturated rings. The van der Waals surface area contributed by atoms with Crippen molar-refractivity contribution >= 4 is 17.2 Å².